The second-order valence-electron chi connectivity index (χ2n) is 10.8. The zero-order chi connectivity index (χ0) is 27.8. The smallest absolute Gasteiger partial charge is 0.274 e. The van der Waals surface area contributed by atoms with Gasteiger partial charge in [-0.15, -0.1) is 0 Å². The van der Waals surface area contributed by atoms with Crippen LogP contribution in [0.1, 0.15) is 43.6 Å². The quantitative estimate of drug-likeness (QED) is 0.423. The first kappa shape index (κ1) is 29.5. The van der Waals surface area contributed by atoms with E-state index in [0.29, 0.717) is 77.0 Å². The van der Waals surface area contributed by atoms with Gasteiger partial charge in [-0.2, -0.15) is 0 Å². The molecule has 9 nitrogen and oxygen atoms in total. The lowest BCUT2D eigenvalue weighted by Gasteiger charge is -2.40. The molecule has 2 atom stereocenters. The van der Waals surface area contributed by atoms with E-state index >= 15 is 0 Å². The Morgan fingerprint density at radius 1 is 1.18 bits per heavy atom. The number of ether oxygens (including phenoxy) is 2. The van der Waals surface area contributed by atoms with Crippen LogP contribution in [0.15, 0.2) is 30.3 Å². The molecule has 1 aromatic carbocycles. The predicted octanol–water partition coefficient (Wildman–Crippen LogP) is 3.57. The molecule has 2 aliphatic heterocycles. The molecule has 0 aliphatic carbocycles. The Morgan fingerprint density at radius 2 is 1.92 bits per heavy atom. The van der Waals surface area contributed by atoms with Crippen LogP contribution in [0.3, 0.4) is 0 Å². The van der Waals surface area contributed by atoms with Crippen LogP contribution in [0.4, 0.5) is 0 Å². The SMILES string of the molecule is COCCCCn1c(-c2ccccc2)nc(Cl)c1C(=O)N(CC(C)C)C1CNC[C@H](C(=O)N2CCOCC2)C1. The summed E-state index contributed by atoms with van der Waals surface area (Å²) in [5, 5.41) is 3.64. The van der Waals surface area contributed by atoms with E-state index in [1.54, 1.807) is 7.11 Å². The van der Waals surface area contributed by atoms with Crippen LogP contribution in [0, 0.1) is 11.8 Å². The molecule has 10 heteroatoms. The van der Waals surface area contributed by atoms with Crippen LogP contribution in [-0.2, 0) is 20.8 Å². The van der Waals surface area contributed by atoms with E-state index in [-0.39, 0.29) is 34.8 Å². The van der Waals surface area contributed by atoms with E-state index in [0.717, 1.165) is 18.4 Å². The molecule has 3 heterocycles. The fourth-order valence-electron chi connectivity index (χ4n) is 5.48. The molecule has 2 fully saturated rings. The van der Waals surface area contributed by atoms with E-state index < -0.39 is 0 Å². The summed E-state index contributed by atoms with van der Waals surface area (Å²) < 4.78 is 12.6. The zero-order valence-electron chi connectivity index (χ0n) is 23.4. The number of benzene rings is 1. The van der Waals surface area contributed by atoms with Crippen LogP contribution < -0.4 is 5.32 Å². The number of amides is 2. The third-order valence-electron chi connectivity index (χ3n) is 7.40. The molecular weight excluding hydrogens is 518 g/mol. The van der Waals surface area contributed by atoms with Crippen LogP contribution >= 0.6 is 11.6 Å². The summed E-state index contributed by atoms with van der Waals surface area (Å²) in [6.07, 6.45) is 2.31. The molecule has 0 spiro atoms. The van der Waals surface area contributed by atoms with Crippen molar-refractivity contribution < 1.29 is 19.1 Å². The summed E-state index contributed by atoms with van der Waals surface area (Å²) in [6.45, 7) is 9.66. The number of nitrogens with zero attached hydrogens (tertiary/aromatic N) is 4. The van der Waals surface area contributed by atoms with Gasteiger partial charge < -0.3 is 29.2 Å². The lowest BCUT2D eigenvalue weighted by Crippen LogP contribution is -2.56. The van der Waals surface area contributed by atoms with Crippen LogP contribution in [0.2, 0.25) is 5.15 Å². The number of unbranched alkanes of at least 4 members (excludes halogenated alkanes) is 1. The van der Waals surface area contributed by atoms with Crippen molar-refractivity contribution in [3.05, 3.63) is 41.2 Å². The predicted molar refractivity (Wildman–Crippen MR) is 152 cm³/mol. The lowest BCUT2D eigenvalue weighted by atomic mass is 9.92. The fourth-order valence-corrected chi connectivity index (χ4v) is 5.75. The number of hydrogen-bond acceptors (Lipinski definition) is 6. The van der Waals surface area contributed by atoms with Crippen molar-refractivity contribution in [2.45, 2.75) is 45.7 Å². The average molecular weight is 560 g/mol. The average Bonchev–Trinajstić information content (AvgIpc) is 3.29. The minimum atomic E-state index is -0.182. The number of aromatic nitrogens is 2. The molecule has 39 heavy (non-hydrogen) atoms. The molecule has 0 bridgehead atoms. The summed E-state index contributed by atoms with van der Waals surface area (Å²) in [5.74, 6) is 0.753. The van der Waals surface area contributed by atoms with Gasteiger partial charge in [-0.3, -0.25) is 9.59 Å². The van der Waals surface area contributed by atoms with Crippen LogP contribution in [0.5, 0.6) is 0 Å². The van der Waals surface area contributed by atoms with Crippen molar-refractivity contribution in [1.29, 1.82) is 0 Å². The summed E-state index contributed by atoms with van der Waals surface area (Å²) in [5.41, 5.74) is 1.33. The Labute approximate surface area is 236 Å². The van der Waals surface area contributed by atoms with Gasteiger partial charge in [-0.25, -0.2) is 4.98 Å². The van der Waals surface area contributed by atoms with Gasteiger partial charge in [0.05, 0.1) is 19.1 Å². The highest BCUT2D eigenvalue weighted by Gasteiger charge is 2.37. The van der Waals surface area contributed by atoms with Crippen LogP contribution in [0.25, 0.3) is 11.4 Å². The van der Waals surface area contributed by atoms with Gasteiger partial charge in [0, 0.05) is 64.6 Å². The fraction of sp³-hybridized carbons (Fsp3) is 0.621. The molecule has 1 N–H and O–H groups in total. The number of carbonyl (C=O) groups excluding carboxylic acids is 2. The Bertz CT molecular complexity index is 1090. The maximum absolute atomic E-state index is 14.3. The molecule has 2 amide bonds. The lowest BCUT2D eigenvalue weighted by molar-refractivity contribution is -0.140. The summed E-state index contributed by atoms with van der Waals surface area (Å²) in [4.78, 5) is 36.1. The van der Waals surface area contributed by atoms with E-state index in [4.69, 9.17) is 21.1 Å². The summed E-state index contributed by atoms with van der Waals surface area (Å²) >= 11 is 6.74. The number of nitrogens with one attached hydrogen (secondary N) is 1. The molecule has 0 saturated carbocycles. The largest absolute Gasteiger partial charge is 0.385 e. The Kier molecular flexibility index (Phi) is 10.8. The Morgan fingerprint density at radius 3 is 2.62 bits per heavy atom. The highest BCUT2D eigenvalue weighted by molar-refractivity contribution is 6.32. The van der Waals surface area contributed by atoms with Crippen molar-refractivity contribution in [3.8, 4) is 11.4 Å². The van der Waals surface area contributed by atoms with Crippen molar-refractivity contribution in [1.82, 2.24) is 24.7 Å². The van der Waals surface area contributed by atoms with Crippen molar-refractivity contribution in [3.63, 3.8) is 0 Å². The van der Waals surface area contributed by atoms with Gasteiger partial charge in [-0.1, -0.05) is 55.8 Å². The molecular formula is C29H42ClN5O4. The number of hydrogen-bond donors (Lipinski definition) is 1. The molecule has 1 unspecified atom stereocenters. The highest BCUT2D eigenvalue weighted by Crippen LogP contribution is 2.29. The number of imidazole rings is 1. The highest BCUT2D eigenvalue weighted by atomic mass is 35.5. The molecule has 2 aliphatic rings. The molecule has 214 valence electrons. The van der Waals surface area contributed by atoms with Crippen LogP contribution in [-0.4, -0.2) is 96.9 Å². The van der Waals surface area contributed by atoms with Crippen molar-refractivity contribution >= 4 is 23.4 Å². The second-order valence-corrected chi connectivity index (χ2v) is 11.2. The number of halogens is 1. The third kappa shape index (κ3) is 7.39. The number of rotatable bonds is 11. The molecule has 0 radical (unpaired) electrons. The third-order valence-corrected chi connectivity index (χ3v) is 7.67. The van der Waals surface area contributed by atoms with Gasteiger partial charge in [0.2, 0.25) is 5.91 Å². The van der Waals surface area contributed by atoms with Crippen molar-refractivity contribution in [2.24, 2.45) is 11.8 Å². The number of carbonyl (C=O) groups is 2. The maximum Gasteiger partial charge on any atom is 0.274 e. The second kappa shape index (κ2) is 14.3. The number of piperidine rings is 1. The maximum atomic E-state index is 14.3. The standard InChI is InChI=1S/C29H42ClN5O4/c1-21(2)20-35(24-17-23(18-31-19-24)28(36)33-12-15-39-16-13-33)29(37)25-26(30)32-27(22-9-5-4-6-10-22)34(25)11-7-8-14-38-3/h4-6,9-10,21,23-24,31H,7-8,11-20H2,1-3H3/t23-,24?/m1/s1. The van der Waals surface area contributed by atoms with Crippen molar-refractivity contribution in [2.75, 3.05) is 59.7 Å². The van der Waals surface area contributed by atoms with Gasteiger partial charge in [0.25, 0.3) is 5.91 Å². The van der Waals surface area contributed by atoms with E-state index in [9.17, 15) is 9.59 Å². The molecule has 4 rings (SSSR count). The van der Waals surface area contributed by atoms with E-state index in [1.165, 1.54) is 0 Å². The summed E-state index contributed by atoms with van der Waals surface area (Å²) in [6, 6.07) is 9.71. The van der Waals surface area contributed by atoms with E-state index in [2.05, 4.69) is 24.1 Å². The normalized spacial score (nSPS) is 19.9. The Balaban J connectivity index is 1.62. The van der Waals surface area contributed by atoms with Gasteiger partial charge in [0.1, 0.15) is 11.5 Å². The first-order valence-electron chi connectivity index (χ1n) is 14.1. The minimum absolute atomic E-state index is 0.128. The monoisotopic (exact) mass is 559 g/mol. The molecule has 2 saturated heterocycles. The summed E-state index contributed by atoms with van der Waals surface area (Å²) in [7, 11) is 1.69. The van der Waals surface area contributed by atoms with E-state index in [1.807, 2.05) is 44.7 Å². The molecule has 2 aromatic rings. The first-order chi connectivity index (χ1) is 18.9. The van der Waals surface area contributed by atoms with Gasteiger partial charge in [-0.05, 0) is 25.2 Å². The van der Waals surface area contributed by atoms with Gasteiger partial charge >= 0.3 is 0 Å². The minimum Gasteiger partial charge on any atom is -0.385 e. The topological polar surface area (TPSA) is 88.9 Å². The number of methoxy groups -OCH3 is 1. The first-order valence-corrected chi connectivity index (χ1v) is 14.5. The number of morpholine rings is 1. The Hall–Kier alpha value is -2.46. The molecule has 1 aromatic heterocycles. The van der Waals surface area contributed by atoms with Gasteiger partial charge in [0.15, 0.2) is 5.15 Å². The zero-order valence-corrected chi connectivity index (χ0v) is 24.2.